The van der Waals surface area contributed by atoms with Crippen LogP contribution in [0.2, 0.25) is 0 Å². The molecular weight excluding hydrogens is 198 g/mol. The molecule has 0 aliphatic rings. The van der Waals surface area contributed by atoms with Crippen molar-refractivity contribution in [2.75, 3.05) is 0 Å². The Kier molecular flexibility index (Phi) is 8.59. The molecule has 0 saturated heterocycles. The van der Waals surface area contributed by atoms with E-state index in [0.717, 1.165) is 0 Å². The molecule has 6 heavy (non-hydrogen) atoms. The predicted octanol–water partition coefficient (Wildman–Crippen LogP) is -0.798. The van der Waals surface area contributed by atoms with Crippen molar-refractivity contribution < 1.29 is 30.8 Å². The van der Waals surface area contributed by atoms with E-state index in [1.54, 1.807) is 0 Å². The van der Waals surface area contributed by atoms with E-state index >= 15 is 0 Å². The molecule has 1 radical (unpaired) electrons. The van der Waals surface area contributed by atoms with Gasteiger partial charge in [-0.05, 0) is 0 Å². The molecule has 0 amide bonds. The number of rotatable bonds is 1. The molecule has 0 rings (SSSR count). The molecule has 0 unspecified atom stereocenters. The molecule has 41 valence electrons. The molecule has 0 aliphatic heterocycles. The standard InChI is InChI=1S/CH3NO2S.Ag/c2-1-5(3)4;/h1-2,5H;. The fraction of sp³-hybridized carbons (Fsp3) is 0. The van der Waals surface area contributed by atoms with Crippen LogP contribution >= 0.6 is 0 Å². The predicted molar refractivity (Wildman–Crippen MR) is 19.1 cm³/mol. The van der Waals surface area contributed by atoms with Crippen LogP contribution in [-0.2, 0) is 33.1 Å². The van der Waals surface area contributed by atoms with Crippen molar-refractivity contribution in [3.63, 3.8) is 0 Å². The molecule has 0 aliphatic carbocycles. The minimum absolute atomic E-state index is 0. The van der Waals surface area contributed by atoms with Gasteiger partial charge < -0.3 is 0 Å². The van der Waals surface area contributed by atoms with Gasteiger partial charge >= 0.3 is 0 Å². The summed E-state index contributed by atoms with van der Waals surface area (Å²) in [6.07, 6.45) is 0. The summed E-state index contributed by atoms with van der Waals surface area (Å²) >= 11 is 0. The fourth-order valence-electron chi connectivity index (χ4n) is 0. The van der Waals surface area contributed by atoms with Crippen molar-refractivity contribution in [1.29, 1.82) is 5.41 Å². The Labute approximate surface area is 52.7 Å². The van der Waals surface area contributed by atoms with Gasteiger partial charge in [-0.15, -0.1) is 0 Å². The minimum Gasteiger partial charge on any atom is -0.297 e. The van der Waals surface area contributed by atoms with Gasteiger partial charge in [0, 0.05) is 22.4 Å². The summed E-state index contributed by atoms with van der Waals surface area (Å²) in [4.78, 5) is 0. The van der Waals surface area contributed by atoms with Crippen molar-refractivity contribution in [3.8, 4) is 0 Å². The van der Waals surface area contributed by atoms with E-state index in [1.165, 1.54) is 0 Å². The van der Waals surface area contributed by atoms with Gasteiger partial charge in [-0.3, -0.25) is 5.41 Å². The fourth-order valence-corrected chi connectivity index (χ4v) is 0. The summed E-state index contributed by atoms with van der Waals surface area (Å²) in [5.74, 6) is 0. The van der Waals surface area contributed by atoms with Crippen LogP contribution in [0.15, 0.2) is 0 Å². The van der Waals surface area contributed by atoms with Gasteiger partial charge in [0.1, 0.15) is 5.55 Å². The van der Waals surface area contributed by atoms with E-state index in [2.05, 4.69) is 0 Å². The van der Waals surface area contributed by atoms with Gasteiger partial charge in [0.15, 0.2) is 10.7 Å². The van der Waals surface area contributed by atoms with Crippen LogP contribution < -0.4 is 0 Å². The third kappa shape index (κ3) is 8.84. The molecule has 0 bridgehead atoms. The number of hydrogen-bond acceptors (Lipinski definition) is 3. The Morgan fingerprint density at radius 2 is 1.67 bits per heavy atom. The van der Waals surface area contributed by atoms with Crippen LogP contribution in [0.4, 0.5) is 0 Å². The Balaban J connectivity index is 0. The molecule has 1 N–H and O–H groups in total. The molecule has 0 aromatic heterocycles. The van der Waals surface area contributed by atoms with E-state index < -0.39 is 10.7 Å². The van der Waals surface area contributed by atoms with E-state index in [1.807, 2.05) is 0 Å². The largest absolute Gasteiger partial charge is 0.297 e. The normalized spacial score (nSPS) is 6.83. The number of nitrogens with one attached hydrogen (secondary N) is 1. The van der Waals surface area contributed by atoms with Crippen molar-refractivity contribution in [1.82, 2.24) is 0 Å². The van der Waals surface area contributed by atoms with Crippen LogP contribution in [0.3, 0.4) is 0 Å². The third-order valence-electron chi connectivity index (χ3n) is 0.105. The van der Waals surface area contributed by atoms with Gasteiger partial charge in [-0.25, -0.2) is 8.42 Å². The zero-order chi connectivity index (χ0) is 4.28. The van der Waals surface area contributed by atoms with Crippen LogP contribution in [0.25, 0.3) is 0 Å². The quantitative estimate of drug-likeness (QED) is 0.252. The second-order valence-corrected chi connectivity index (χ2v) is 1.24. The molecule has 0 fully saturated rings. The molecule has 0 aromatic rings. The van der Waals surface area contributed by atoms with Crippen molar-refractivity contribution in [2.24, 2.45) is 0 Å². The second kappa shape index (κ2) is 5.36. The maximum atomic E-state index is 9.16. The summed E-state index contributed by atoms with van der Waals surface area (Å²) < 4.78 is 18.3. The summed E-state index contributed by atoms with van der Waals surface area (Å²) in [7, 11) is -2.56. The molecule has 0 heterocycles. The smallest absolute Gasteiger partial charge is 0.177 e. The molecule has 3 nitrogen and oxygen atoms in total. The molecular formula is CH3AgNO2S. The molecule has 0 saturated carbocycles. The Hall–Kier alpha value is 0.360. The van der Waals surface area contributed by atoms with Crippen molar-refractivity contribution in [3.05, 3.63) is 0 Å². The van der Waals surface area contributed by atoms with E-state index in [-0.39, 0.29) is 22.4 Å². The monoisotopic (exact) mass is 200 g/mol. The number of hydrogen-bond donors (Lipinski definition) is 2. The maximum absolute atomic E-state index is 9.16. The Morgan fingerprint density at radius 3 is 1.67 bits per heavy atom. The Bertz CT molecular complexity index is 89.7. The van der Waals surface area contributed by atoms with Crippen LogP contribution in [0.1, 0.15) is 0 Å². The summed E-state index contributed by atoms with van der Waals surface area (Å²) in [6, 6.07) is 0. The van der Waals surface area contributed by atoms with Gasteiger partial charge in [-0.1, -0.05) is 0 Å². The average Bonchev–Trinajstić information content (AvgIpc) is 1.38. The van der Waals surface area contributed by atoms with Gasteiger partial charge in [0.05, 0.1) is 0 Å². The first kappa shape index (κ1) is 9.61. The summed E-state index contributed by atoms with van der Waals surface area (Å²) in [6.45, 7) is 0. The van der Waals surface area contributed by atoms with Crippen molar-refractivity contribution >= 4 is 16.3 Å². The molecule has 5 heteroatoms. The molecule has 0 atom stereocenters. The van der Waals surface area contributed by atoms with E-state index in [9.17, 15) is 0 Å². The van der Waals surface area contributed by atoms with E-state index in [0.29, 0.717) is 5.55 Å². The zero-order valence-corrected chi connectivity index (χ0v) is 5.02. The number of thiol groups is 1. The SMILES string of the molecule is N=C[SH](=O)=O.[Ag]. The van der Waals surface area contributed by atoms with Crippen LogP contribution in [-0.4, -0.2) is 14.0 Å². The first-order valence-electron chi connectivity index (χ1n) is 0.912. The molecule has 0 aromatic carbocycles. The van der Waals surface area contributed by atoms with E-state index in [4.69, 9.17) is 13.8 Å². The van der Waals surface area contributed by atoms with Gasteiger partial charge in [0.2, 0.25) is 0 Å². The average molecular weight is 201 g/mol. The second-order valence-electron chi connectivity index (χ2n) is 0.414. The third-order valence-corrected chi connectivity index (χ3v) is 0.316. The van der Waals surface area contributed by atoms with Crippen LogP contribution in [0.5, 0.6) is 0 Å². The van der Waals surface area contributed by atoms with Gasteiger partial charge in [0.25, 0.3) is 0 Å². The topological polar surface area (TPSA) is 58.0 Å². The Morgan fingerprint density at radius 1 is 1.50 bits per heavy atom. The maximum Gasteiger partial charge on any atom is 0.177 e. The van der Waals surface area contributed by atoms with Crippen molar-refractivity contribution in [2.45, 2.75) is 0 Å². The summed E-state index contributed by atoms with van der Waals surface area (Å²) in [5, 5.41) is 5.94. The van der Waals surface area contributed by atoms with Crippen LogP contribution in [0, 0.1) is 5.41 Å². The zero-order valence-electron chi connectivity index (χ0n) is 2.64. The first-order valence-corrected chi connectivity index (χ1v) is 2.16. The minimum atomic E-state index is -2.56. The van der Waals surface area contributed by atoms with Gasteiger partial charge in [-0.2, -0.15) is 0 Å². The first-order chi connectivity index (χ1) is 2.27. The molecule has 0 spiro atoms. The summed E-state index contributed by atoms with van der Waals surface area (Å²) in [5.41, 5.74) is 0.370.